The molecule has 0 radical (unpaired) electrons. The van der Waals surface area contributed by atoms with Gasteiger partial charge >= 0.3 is 0 Å². The van der Waals surface area contributed by atoms with Crippen LogP contribution >= 0.6 is 11.8 Å². The summed E-state index contributed by atoms with van der Waals surface area (Å²) >= 11 is 1.69. The van der Waals surface area contributed by atoms with Gasteiger partial charge in [-0.25, -0.2) is 4.98 Å². The van der Waals surface area contributed by atoms with Crippen molar-refractivity contribution in [1.82, 2.24) is 4.98 Å². The van der Waals surface area contributed by atoms with Crippen LogP contribution in [0.25, 0.3) is 15.8 Å². The Morgan fingerprint density at radius 1 is 1.32 bits per heavy atom. The molecule has 1 N–H and O–H groups in total. The first kappa shape index (κ1) is 21.9. The van der Waals surface area contributed by atoms with Crippen LogP contribution in [0.4, 0.5) is 5.69 Å². The lowest BCUT2D eigenvalue weighted by Gasteiger charge is -2.24. The van der Waals surface area contributed by atoms with Gasteiger partial charge in [0.2, 0.25) is 5.91 Å². The second kappa shape index (κ2) is 10.3. The fraction of sp³-hybridized carbons (Fsp3) is 0.417. The number of amides is 1. The van der Waals surface area contributed by atoms with Gasteiger partial charge in [0.05, 0.1) is 36.9 Å². The molecule has 6 nitrogen and oxygen atoms in total. The van der Waals surface area contributed by atoms with Crippen molar-refractivity contribution in [2.45, 2.75) is 32.3 Å². The molecule has 7 heteroatoms. The molecule has 0 aliphatic carbocycles. The first-order valence-electron chi connectivity index (χ1n) is 10.6. The van der Waals surface area contributed by atoms with Crippen LogP contribution < -0.4 is 10.1 Å². The molecule has 1 amide bonds. The highest BCUT2D eigenvalue weighted by Gasteiger charge is 2.26. The first-order valence-corrected chi connectivity index (χ1v) is 11.5. The fourth-order valence-electron chi connectivity index (χ4n) is 3.48. The van der Waals surface area contributed by atoms with E-state index in [0.29, 0.717) is 19.8 Å². The standard InChI is InChI=1S/C24H28N2O4S/c1-16(13-28-2)30-22-12-21(23-7-5-3-4-6-10-31-23)26-20-9-8-18(11-19(20)22)25-24(27)17-14-29-15-17/h6-12,16-17H,3-5,13-15H2,1-2H3,(H,25,27)/b10-6+,23-7-. The molecule has 0 spiro atoms. The summed E-state index contributed by atoms with van der Waals surface area (Å²) in [7, 11) is 1.66. The summed E-state index contributed by atoms with van der Waals surface area (Å²) in [5, 5.41) is 5.98. The molecular weight excluding hydrogens is 412 g/mol. The average molecular weight is 441 g/mol. The number of methoxy groups -OCH3 is 1. The molecule has 2 aromatic rings. The Morgan fingerprint density at radius 3 is 2.97 bits per heavy atom. The van der Waals surface area contributed by atoms with Gasteiger partial charge in [-0.2, -0.15) is 0 Å². The van der Waals surface area contributed by atoms with E-state index in [-0.39, 0.29) is 17.9 Å². The summed E-state index contributed by atoms with van der Waals surface area (Å²) in [5.74, 6) is 0.637. The molecule has 2 aliphatic rings. The van der Waals surface area contributed by atoms with Gasteiger partial charge in [-0.1, -0.05) is 23.9 Å². The largest absolute Gasteiger partial charge is 0.488 e. The number of rotatable bonds is 7. The van der Waals surface area contributed by atoms with E-state index < -0.39 is 0 Å². The number of ether oxygens (including phenoxy) is 3. The molecule has 0 saturated carbocycles. The number of carbonyl (C=O) groups is 1. The van der Waals surface area contributed by atoms with E-state index in [0.717, 1.165) is 52.2 Å². The number of benzene rings is 1. The quantitative estimate of drug-likeness (QED) is 0.653. The summed E-state index contributed by atoms with van der Waals surface area (Å²) in [6, 6.07) is 7.74. The van der Waals surface area contributed by atoms with E-state index in [9.17, 15) is 4.79 Å². The predicted octanol–water partition coefficient (Wildman–Crippen LogP) is 5.01. The number of hydrogen-bond donors (Lipinski definition) is 1. The molecule has 1 atom stereocenters. The Hall–Kier alpha value is -2.35. The van der Waals surface area contributed by atoms with Gasteiger partial charge in [0.1, 0.15) is 11.9 Å². The third-order valence-electron chi connectivity index (χ3n) is 5.22. The van der Waals surface area contributed by atoms with Crippen LogP contribution in [0.5, 0.6) is 5.75 Å². The van der Waals surface area contributed by atoms with Gasteiger partial charge < -0.3 is 19.5 Å². The van der Waals surface area contributed by atoms with Crippen LogP contribution in [0.1, 0.15) is 31.9 Å². The Balaban J connectivity index is 1.69. The maximum absolute atomic E-state index is 12.3. The summed E-state index contributed by atoms with van der Waals surface area (Å²) in [6.07, 6.45) is 7.61. The maximum Gasteiger partial charge on any atom is 0.232 e. The minimum absolute atomic E-state index is 0.0201. The lowest BCUT2D eigenvalue weighted by molar-refractivity contribution is -0.133. The lowest BCUT2D eigenvalue weighted by Crippen LogP contribution is -2.38. The number of allylic oxidation sites excluding steroid dienone is 2. The van der Waals surface area contributed by atoms with Gasteiger partial charge in [-0.15, -0.1) is 0 Å². The topological polar surface area (TPSA) is 69.7 Å². The van der Waals surface area contributed by atoms with E-state index in [1.54, 1.807) is 18.9 Å². The van der Waals surface area contributed by atoms with Crippen molar-refractivity contribution in [3.8, 4) is 5.75 Å². The van der Waals surface area contributed by atoms with E-state index in [1.165, 1.54) is 0 Å². The van der Waals surface area contributed by atoms with Crippen molar-refractivity contribution in [3.63, 3.8) is 0 Å². The average Bonchev–Trinajstić information content (AvgIpc) is 2.66. The highest BCUT2D eigenvalue weighted by Crippen LogP contribution is 2.36. The van der Waals surface area contributed by atoms with Crippen LogP contribution in [0.3, 0.4) is 0 Å². The van der Waals surface area contributed by atoms with Crippen LogP contribution in [0, 0.1) is 5.92 Å². The molecule has 4 rings (SSSR count). The number of aromatic nitrogens is 1. The highest BCUT2D eigenvalue weighted by atomic mass is 32.2. The molecule has 1 unspecified atom stereocenters. The van der Waals surface area contributed by atoms with Crippen LogP contribution in [-0.4, -0.2) is 43.9 Å². The van der Waals surface area contributed by atoms with Gasteiger partial charge in [0.15, 0.2) is 0 Å². The molecule has 31 heavy (non-hydrogen) atoms. The summed E-state index contributed by atoms with van der Waals surface area (Å²) < 4.78 is 16.6. The number of thioether (sulfide) groups is 1. The fourth-order valence-corrected chi connectivity index (χ4v) is 4.30. The van der Waals surface area contributed by atoms with Crippen molar-refractivity contribution >= 4 is 39.2 Å². The Bertz CT molecular complexity index is 1000. The molecule has 1 aromatic heterocycles. The number of pyridine rings is 1. The minimum Gasteiger partial charge on any atom is -0.488 e. The lowest BCUT2D eigenvalue weighted by atomic mass is 10.1. The van der Waals surface area contributed by atoms with Crippen molar-refractivity contribution < 1.29 is 19.0 Å². The van der Waals surface area contributed by atoms with E-state index in [2.05, 4.69) is 22.9 Å². The van der Waals surface area contributed by atoms with Crippen LogP contribution in [0.2, 0.25) is 0 Å². The first-order chi connectivity index (χ1) is 15.1. The zero-order valence-electron chi connectivity index (χ0n) is 17.9. The third kappa shape index (κ3) is 5.47. The van der Waals surface area contributed by atoms with Crippen molar-refractivity contribution in [2.24, 2.45) is 5.92 Å². The van der Waals surface area contributed by atoms with E-state index in [1.807, 2.05) is 31.2 Å². The Morgan fingerprint density at radius 2 is 2.19 bits per heavy atom. The van der Waals surface area contributed by atoms with Gasteiger partial charge in [-0.3, -0.25) is 4.79 Å². The number of nitrogens with one attached hydrogen (secondary N) is 1. The van der Waals surface area contributed by atoms with Crippen molar-refractivity contribution in [1.29, 1.82) is 0 Å². The highest BCUT2D eigenvalue weighted by molar-refractivity contribution is 8.10. The molecule has 3 heterocycles. The minimum atomic E-state index is -0.118. The van der Waals surface area contributed by atoms with Gasteiger partial charge in [0, 0.05) is 29.2 Å². The predicted molar refractivity (Wildman–Crippen MR) is 125 cm³/mol. The SMILES string of the molecule is COCC(C)Oc1cc(/C2=C/CCC/C=C/S2)nc2ccc(NC(=O)C3COC3)cc12. The third-order valence-corrected chi connectivity index (χ3v) is 6.18. The maximum atomic E-state index is 12.3. The number of hydrogen-bond acceptors (Lipinski definition) is 6. The summed E-state index contributed by atoms with van der Waals surface area (Å²) in [5.41, 5.74) is 2.45. The van der Waals surface area contributed by atoms with E-state index in [4.69, 9.17) is 19.2 Å². The Kier molecular flexibility index (Phi) is 7.27. The van der Waals surface area contributed by atoms with Crippen LogP contribution in [-0.2, 0) is 14.3 Å². The molecule has 164 valence electrons. The molecule has 0 bridgehead atoms. The number of anilines is 1. The Labute approximate surface area is 187 Å². The summed E-state index contributed by atoms with van der Waals surface area (Å²) in [6.45, 7) is 3.42. The van der Waals surface area contributed by atoms with Gasteiger partial charge in [-0.05, 0) is 49.8 Å². The second-order valence-corrected chi connectivity index (χ2v) is 8.78. The summed E-state index contributed by atoms with van der Waals surface area (Å²) in [4.78, 5) is 18.4. The van der Waals surface area contributed by atoms with Crippen LogP contribution in [0.15, 0.2) is 41.8 Å². The molecule has 1 fully saturated rings. The molecule has 1 aromatic carbocycles. The molecule has 1 saturated heterocycles. The zero-order valence-corrected chi connectivity index (χ0v) is 18.7. The number of carbonyl (C=O) groups excluding carboxylic acids is 1. The van der Waals surface area contributed by atoms with E-state index >= 15 is 0 Å². The van der Waals surface area contributed by atoms with Crippen molar-refractivity contribution in [3.05, 3.63) is 47.5 Å². The smallest absolute Gasteiger partial charge is 0.232 e. The second-order valence-electron chi connectivity index (χ2n) is 7.83. The molecular formula is C24H28N2O4S. The number of nitrogens with zero attached hydrogens (tertiary/aromatic N) is 1. The van der Waals surface area contributed by atoms with Gasteiger partial charge in [0.25, 0.3) is 0 Å². The van der Waals surface area contributed by atoms with Crippen molar-refractivity contribution in [2.75, 3.05) is 32.2 Å². The monoisotopic (exact) mass is 440 g/mol. The number of fused-ring (bicyclic) bond motifs is 1. The normalized spacial score (nSPS) is 20.6. The zero-order chi connectivity index (χ0) is 21.6. The molecule has 2 aliphatic heterocycles.